The molecule has 284 valence electrons. The lowest BCUT2D eigenvalue weighted by molar-refractivity contribution is -0.146. The van der Waals surface area contributed by atoms with E-state index in [2.05, 4.69) is 30.2 Å². The molecule has 0 heterocycles. The Morgan fingerprint density at radius 2 is 1.33 bits per heavy atom. The Balaban J connectivity index is 1.94. The van der Waals surface area contributed by atoms with Crippen LogP contribution in [-0.2, 0) is 49.5 Å². The Morgan fingerprint density at radius 3 is 1.90 bits per heavy atom. The number of halogens is 5. The van der Waals surface area contributed by atoms with E-state index in [9.17, 15) is 55.5 Å². The second kappa shape index (κ2) is 20.3. The number of methoxy groups -OCH3 is 2. The van der Waals surface area contributed by atoms with Crippen LogP contribution in [0.5, 0.6) is 5.75 Å². The second-order valence-electron chi connectivity index (χ2n) is 11.0. The minimum Gasteiger partial charge on any atom is -0.468 e. The Bertz CT molecular complexity index is 1620. The van der Waals surface area contributed by atoms with Gasteiger partial charge >= 0.3 is 17.9 Å². The van der Waals surface area contributed by atoms with Gasteiger partial charge < -0.3 is 40.8 Å². The molecule has 0 aliphatic carbocycles. The first-order chi connectivity index (χ1) is 24.5. The molecule has 3 atom stereocenters. The highest BCUT2D eigenvalue weighted by Crippen LogP contribution is 2.29. The first kappa shape index (κ1) is 42.5. The average molecular weight is 746 g/mol. The molecular formula is C32H36F5N5O10. The predicted molar refractivity (Wildman–Crippen MR) is 167 cm³/mol. The largest absolute Gasteiger partial charge is 0.468 e. The highest BCUT2D eigenvalue weighted by molar-refractivity contribution is 5.91. The lowest BCUT2D eigenvalue weighted by atomic mass is 10.0. The van der Waals surface area contributed by atoms with Crippen LogP contribution in [0, 0.1) is 29.1 Å². The lowest BCUT2D eigenvalue weighted by Gasteiger charge is -2.20. The van der Waals surface area contributed by atoms with Crippen LogP contribution < -0.4 is 26.4 Å². The fourth-order valence-corrected chi connectivity index (χ4v) is 4.39. The SMILES string of the molecule is COC(=O)[C@H](N)CC(=O)N[C@@H](Cc1ccccc1)C(=O)NCCC(=O)N[C@H](CCC(=O)N(C)CC(=O)Oc1c(F)c(F)c(F)c(F)c1F)C(=O)OC. The number of hydrogen-bond donors (Lipinski definition) is 4. The summed E-state index contributed by atoms with van der Waals surface area (Å²) in [4.78, 5) is 87.4. The molecule has 52 heavy (non-hydrogen) atoms. The van der Waals surface area contributed by atoms with Crippen LogP contribution >= 0.6 is 0 Å². The summed E-state index contributed by atoms with van der Waals surface area (Å²) in [5, 5.41) is 7.33. The maximum atomic E-state index is 13.8. The summed E-state index contributed by atoms with van der Waals surface area (Å²) < 4.78 is 81.0. The standard InChI is InChI=1S/C32H36F5N5O10/c1-42(15-23(46)52-29-27(36)25(34)24(33)26(35)28(29)37)22(45)10-9-18(32(49)51-3)40-20(43)11-12-39-30(47)19(13-16-7-5-4-6-8-16)41-21(44)14-17(38)31(48)50-2/h4-8,17-19H,9-15,38H2,1-3H3,(H,39,47)(H,40,43)(H,41,44)/t17-,18-,19+/m1/s1. The second-order valence-corrected chi connectivity index (χ2v) is 11.0. The van der Waals surface area contributed by atoms with Crippen LogP contribution in [0.1, 0.15) is 31.2 Å². The van der Waals surface area contributed by atoms with Crippen LogP contribution in [-0.4, -0.2) is 98.9 Å². The van der Waals surface area contributed by atoms with E-state index in [4.69, 9.17) is 5.73 Å². The molecule has 0 aliphatic rings. The number of benzene rings is 2. The van der Waals surface area contributed by atoms with Gasteiger partial charge in [-0.2, -0.15) is 8.78 Å². The molecule has 2 aromatic rings. The number of nitrogens with zero attached hydrogens (tertiary/aromatic N) is 1. The molecule has 2 aromatic carbocycles. The Labute approximate surface area is 293 Å². The van der Waals surface area contributed by atoms with Gasteiger partial charge in [-0.15, -0.1) is 0 Å². The van der Waals surface area contributed by atoms with Crippen molar-refractivity contribution in [2.75, 3.05) is 34.4 Å². The van der Waals surface area contributed by atoms with E-state index in [1.165, 1.54) is 0 Å². The fourth-order valence-electron chi connectivity index (χ4n) is 4.39. The molecule has 0 spiro atoms. The zero-order valence-electron chi connectivity index (χ0n) is 28.1. The van der Waals surface area contributed by atoms with E-state index in [-0.39, 0.29) is 25.8 Å². The van der Waals surface area contributed by atoms with Gasteiger partial charge in [0.1, 0.15) is 24.7 Å². The quantitative estimate of drug-likeness (QED) is 0.0536. The average Bonchev–Trinajstić information content (AvgIpc) is 3.12. The molecule has 4 amide bonds. The summed E-state index contributed by atoms with van der Waals surface area (Å²) in [6.07, 6.45) is -1.69. The van der Waals surface area contributed by atoms with Gasteiger partial charge in [-0.3, -0.25) is 24.0 Å². The third-order valence-corrected chi connectivity index (χ3v) is 7.14. The number of nitrogens with two attached hydrogens (primary N) is 1. The summed E-state index contributed by atoms with van der Waals surface area (Å²) >= 11 is 0. The van der Waals surface area contributed by atoms with Crippen molar-refractivity contribution in [3.63, 3.8) is 0 Å². The first-order valence-corrected chi connectivity index (χ1v) is 15.3. The molecule has 0 unspecified atom stereocenters. The van der Waals surface area contributed by atoms with Gasteiger partial charge in [0, 0.05) is 32.9 Å². The third kappa shape index (κ3) is 12.6. The summed E-state index contributed by atoms with van der Waals surface area (Å²) in [5.74, 6) is -20.2. The minimum absolute atomic E-state index is 0.0415. The van der Waals surface area contributed by atoms with Crippen molar-refractivity contribution in [1.29, 1.82) is 0 Å². The fraction of sp³-hybridized carbons (Fsp3) is 0.406. The molecular weight excluding hydrogens is 709 g/mol. The molecule has 0 aliphatic heterocycles. The highest BCUT2D eigenvalue weighted by atomic mass is 19.2. The van der Waals surface area contributed by atoms with Gasteiger partial charge in [0.2, 0.25) is 58.5 Å². The van der Waals surface area contributed by atoms with Crippen molar-refractivity contribution in [3.8, 4) is 5.75 Å². The van der Waals surface area contributed by atoms with E-state index in [1.807, 2.05) is 0 Å². The van der Waals surface area contributed by atoms with Gasteiger partial charge in [0.25, 0.3) is 0 Å². The van der Waals surface area contributed by atoms with E-state index < -0.39 is 114 Å². The van der Waals surface area contributed by atoms with Gasteiger partial charge in [0.15, 0.2) is 0 Å². The van der Waals surface area contributed by atoms with E-state index in [0.717, 1.165) is 21.3 Å². The number of nitrogens with one attached hydrogen (secondary N) is 3. The molecule has 5 N–H and O–H groups in total. The zero-order valence-corrected chi connectivity index (χ0v) is 28.1. The molecule has 0 fully saturated rings. The van der Waals surface area contributed by atoms with Crippen LogP contribution in [0.3, 0.4) is 0 Å². The first-order valence-electron chi connectivity index (χ1n) is 15.3. The number of likely N-dealkylation sites (N-methyl/N-ethyl adjacent to an activating group) is 1. The van der Waals surface area contributed by atoms with Gasteiger partial charge in [-0.25, -0.2) is 22.8 Å². The van der Waals surface area contributed by atoms with Gasteiger partial charge in [0.05, 0.1) is 20.6 Å². The third-order valence-electron chi connectivity index (χ3n) is 7.14. The Hall–Kier alpha value is -5.66. The molecule has 0 bridgehead atoms. The molecule has 0 radical (unpaired) electrons. The summed E-state index contributed by atoms with van der Waals surface area (Å²) in [6.45, 7) is -1.27. The Morgan fingerprint density at radius 1 is 0.769 bits per heavy atom. The van der Waals surface area contributed by atoms with Crippen molar-refractivity contribution >= 4 is 41.5 Å². The van der Waals surface area contributed by atoms with Crippen LogP contribution in [0.15, 0.2) is 30.3 Å². The molecule has 0 saturated carbocycles. The van der Waals surface area contributed by atoms with Crippen molar-refractivity contribution < 1.29 is 69.7 Å². The van der Waals surface area contributed by atoms with Crippen LogP contribution in [0.4, 0.5) is 22.0 Å². The van der Waals surface area contributed by atoms with Gasteiger partial charge in [-0.1, -0.05) is 30.3 Å². The van der Waals surface area contributed by atoms with Crippen molar-refractivity contribution in [3.05, 3.63) is 65.0 Å². The van der Waals surface area contributed by atoms with E-state index in [0.29, 0.717) is 10.5 Å². The number of esters is 3. The molecule has 15 nitrogen and oxygen atoms in total. The number of amides is 4. The number of ether oxygens (including phenoxy) is 3. The molecule has 20 heteroatoms. The summed E-state index contributed by atoms with van der Waals surface area (Å²) in [7, 11) is 3.14. The predicted octanol–water partition coefficient (Wildman–Crippen LogP) is 0.308. The smallest absolute Gasteiger partial charge is 0.331 e. The van der Waals surface area contributed by atoms with Gasteiger partial charge in [-0.05, 0) is 12.0 Å². The lowest BCUT2D eigenvalue weighted by Crippen LogP contribution is -2.50. The molecule has 0 aromatic heterocycles. The maximum absolute atomic E-state index is 13.8. The van der Waals surface area contributed by atoms with Crippen molar-refractivity contribution in [2.24, 2.45) is 5.73 Å². The number of hydrogen-bond acceptors (Lipinski definition) is 11. The van der Waals surface area contributed by atoms with Crippen LogP contribution in [0.25, 0.3) is 0 Å². The highest BCUT2D eigenvalue weighted by Gasteiger charge is 2.30. The normalized spacial score (nSPS) is 12.4. The van der Waals surface area contributed by atoms with Crippen LogP contribution in [0.2, 0.25) is 0 Å². The van der Waals surface area contributed by atoms with E-state index >= 15 is 0 Å². The van der Waals surface area contributed by atoms with Crippen molar-refractivity contribution in [1.82, 2.24) is 20.9 Å². The maximum Gasteiger partial charge on any atom is 0.331 e. The number of carbonyl (C=O) groups is 7. The van der Waals surface area contributed by atoms with E-state index in [1.54, 1.807) is 30.3 Å². The molecule has 0 saturated heterocycles. The summed E-state index contributed by atoms with van der Waals surface area (Å²) in [5.41, 5.74) is 6.31. The Kier molecular flexibility index (Phi) is 16.6. The summed E-state index contributed by atoms with van der Waals surface area (Å²) in [6, 6.07) is 4.80. The number of carbonyl (C=O) groups excluding carboxylic acids is 7. The topological polar surface area (TPSA) is 213 Å². The molecule has 2 rings (SSSR count). The van der Waals surface area contributed by atoms with Crippen molar-refractivity contribution in [2.45, 2.75) is 50.2 Å². The zero-order chi connectivity index (χ0) is 39.1. The monoisotopic (exact) mass is 745 g/mol. The minimum atomic E-state index is -2.46. The number of rotatable bonds is 18.